The molecule has 0 aliphatic heterocycles. The van der Waals surface area contributed by atoms with Crippen molar-refractivity contribution in [1.29, 1.82) is 0 Å². The summed E-state index contributed by atoms with van der Waals surface area (Å²) in [7, 11) is 3.33. The molecule has 1 amide bonds. The molecule has 0 radical (unpaired) electrons. The molecule has 6 heteroatoms. The number of aromatic nitrogens is 1. The van der Waals surface area contributed by atoms with Crippen molar-refractivity contribution in [3.63, 3.8) is 0 Å². The second-order valence-electron chi connectivity index (χ2n) is 5.30. The average molecular weight is 279 g/mol. The minimum atomic E-state index is -0.908. The van der Waals surface area contributed by atoms with Gasteiger partial charge in [-0.15, -0.1) is 0 Å². The van der Waals surface area contributed by atoms with Crippen LogP contribution < -0.4 is 5.32 Å². The van der Waals surface area contributed by atoms with E-state index in [9.17, 15) is 9.59 Å². The molecule has 2 N–H and O–H groups in total. The number of hydrogen-bond acceptors (Lipinski definition) is 4. The van der Waals surface area contributed by atoms with E-state index in [1.54, 1.807) is 26.2 Å². The Morgan fingerprint density at radius 3 is 2.40 bits per heavy atom. The maximum atomic E-state index is 11.7. The summed E-state index contributed by atoms with van der Waals surface area (Å²) in [6.07, 6.45) is 1.95. The molecule has 0 bridgehead atoms. The molecule has 0 spiro atoms. The third-order valence-corrected chi connectivity index (χ3v) is 2.74. The lowest BCUT2D eigenvalue weighted by Crippen LogP contribution is -2.31. The number of carboxylic acid groups (broad SMARTS) is 1. The fourth-order valence-corrected chi connectivity index (χ4v) is 1.74. The highest BCUT2D eigenvalue weighted by Gasteiger charge is 2.19. The van der Waals surface area contributed by atoms with E-state index in [0.717, 1.165) is 0 Å². The van der Waals surface area contributed by atoms with Crippen LogP contribution in [0, 0.1) is 5.92 Å². The predicted molar refractivity (Wildman–Crippen MR) is 76.8 cm³/mol. The first-order valence-corrected chi connectivity index (χ1v) is 6.48. The molecule has 1 aromatic rings. The zero-order valence-electron chi connectivity index (χ0n) is 12.3. The van der Waals surface area contributed by atoms with Crippen molar-refractivity contribution in [2.45, 2.75) is 26.3 Å². The Bertz CT molecular complexity index is 469. The van der Waals surface area contributed by atoms with Crippen LogP contribution in [-0.2, 0) is 4.79 Å². The molecule has 0 aliphatic rings. The zero-order valence-corrected chi connectivity index (χ0v) is 12.3. The number of amides is 1. The van der Waals surface area contributed by atoms with Gasteiger partial charge in [0.1, 0.15) is 11.9 Å². The number of anilines is 1. The van der Waals surface area contributed by atoms with E-state index in [4.69, 9.17) is 5.11 Å². The number of hydrogen-bond donors (Lipinski definition) is 2. The molecule has 6 nitrogen and oxygen atoms in total. The van der Waals surface area contributed by atoms with Gasteiger partial charge in [0.15, 0.2) is 0 Å². The van der Waals surface area contributed by atoms with Gasteiger partial charge in [0.25, 0.3) is 5.91 Å². The number of nitrogens with zero attached hydrogens (tertiary/aromatic N) is 2. The Hall–Kier alpha value is -2.11. The van der Waals surface area contributed by atoms with E-state index >= 15 is 0 Å². The SMILES string of the molecule is CC(C)CC(Nc1ccc(C(=O)N(C)C)cn1)C(=O)O. The van der Waals surface area contributed by atoms with Crippen molar-refractivity contribution >= 4 is 17.7 Å². The summed E-state index contributed by atoms with van der Waals surface area (Å²) >= 11 is 0. The minimum absolute atomic E-state index is 0.138. The minimum Gasteiger partial charge on any atom is -0.480 e. The quantitative estimate of drug-likeness (QED) is 0.828. The van der Waals surface area contributed by atoms with Gasteiger partial charge in [0.2, 0.25) is 0 Å². The van der Waals surface area contributed by atoms with Crippen LogP contribution in [0.4, 0.5) is 5.82 Å². The third kappa shape index (κ3) is 4.53. The molecule has 0 aromatic carbocycles. The summed E-state index contributed by atoms with van der Waals surface area (Å²) in [6, 6.07) is 2.57. The molecule has 20 heavy (non-hydrogen) atoms. The van der Waals surface area contributed by atoms with Crippen LogP contribution in [0.2, 0.25) is 0 Å². The molecule has 0 fully saturated rings. The molecule has 1 aromatic heterocycles. The molecular formula is C14H21N3O3. The third-order valence-electron chi connectivity index (χ3n) is 2.74. The number of pyridine rings is 1. The fraction of sp³-hybridized carbons (Fsp3) is 0.500. The van der Waals surface area contributed by atoms with E-state index in [2.05, 4.69) is 10.3 Å². The second kappa shape index (κ2) is 6.88. The number of rotatable bonds is 6. The summed E-state index contributed by atoms with van der Waals surface area (Å²) in [6.45, 7) is 3.92. The Kier molecular flexibility index (Phi) is 5.49. The van der Waals surface area contributed by atoms with Crippen LogP contribution in [-0.4, -0.2) is 47.0 Å². The van der Waals surface area contributed by atoms with Crippen molar-refractivity contribution < 1.29 is 14.7 Å². The lowest BCUT2D eigenvalue weighted by atomic mass is 10.0. The first kappa shape index (κ1) is 15.9. The summed E-state index contributed by atoms with van der Waals surface area (Å²) in [5.41, 5.74) is 0.469. The van der Waals surface area contributed by atoms with E-state index in [1.165, 1.54) is 11.1 Å². The number of aliphatic carboxylic acids is 1. The first-order valence-electron chi connectivity index (χ1n) is 6.48. The van der Waals surface area contributed by atoms with Crippen LogP contribution >= 0.6 is 0 Å². The summed E-state index contributed by atoms with van der Waals surface area (Å²) in [5.74, 6) is -0.332. The van der Waals surface area contributed by atoms with E-state index in [-0.39, 0.29) is 11.8 Å². The largest absolute Gasteiger partial charge is 0.480 e. The van der Waals surface area contributed by atoms with E-state index in [1.807, 2.05) is 13.8 Å². The highest BCUT2D eigenvalue weighted by molar-refractivity contribution is 5.93. The molecule has 1 atom stereocenters. The lowest BCUT2D eigenvalue weighted by Gasteiger charge is -2.17. The normalized spacial score (nSPS) is 12.1. The number of nitrogens with one attached hydrogen (secondary N) is 1. The summed E-state index contributed by atoms with van der Waals surface area (Å²) in [4.78, 5) is 28.4. The molecule has 1 rings (SSSR count). The molecule has 1 unspecified atom stereocenters. The van der Waals surface area contributed by atoms with Crippen LogP contribution in [0.1, 0.15) is 30.6 Å². The lowest BCUT2D eigenvalue weighted by molar-refractivity contribution is -0.138. The molecule has 0 saturated carbocycles. The van der Waals surface area contributed by atoms with Gasteiger partial charge in [0, 0.05) is 20.3 Å². The van der Waals surface area contributed by atoms with Crippen LogP contribution in [0.15, 0.2) is 18.3 Å². The van der Waals surface area contributed by atoms with Gasteiger partial charge in [-0.2, -0.15) is 0 Å². The highest BCUT2D eigenvalue weighted by Crippen LogP contribution is 2.12. The van der Waals surface area contributed by atoms with Crippen LogP contribution in [0.25, 0.3) is 0 Å². The van der Waals surface area contributed by atoms with Gasteiger partial charge >= 0.3 is 5.97 Å². The number of carbonyl (C=O) groups excluding carboxylic acids is 1. The van der Waals surface area contributed by atoms with E-state index in [0.29, 0.717) is 17.8 Å². The fourth-order valence-electron chi connectivity index (χ4n) is 1.74. The summed E-state index contributed by atoms with van der Waals surface area (Å²) < 4.78 is 0. The molecule has 0 aliphatic carbocycles. The Morgan fingerprint density at radius 1 is 1.35 bits per heavy atom. The second-order valence-corrected chi connectivity index (χ2v) is 5.30. The maximum absolute atomic E-state index is 11.7. The van der Waals surface area contributed by atoms with Crippen LogP contribution in [0.5, 0.6) is 0 Å². The predicted octanol–water partition coefficient (Wildman–Crippen LogP) is 1.69. The van der Waals surface area contributed by atoms with Crippen molar-refractivity contribution in [2.24, 2.45) is 5.92 Å². The van der Waals surface area contributed by atoms with Gasteiger partial charge in [-0.1, -0.05) is 13.8 Å². The first-order chi connectivity index (χ1) is 9.31. The van der Waals surface area contributed by atoms with Gasteiger partial charge < -0.3 is 15.3 Å². The van der Waals surface area contributed by atoms with Crippen LogP contribution in [0.3, 0.4) is 0 Å². The Labute approximate surface area is 118 Å². The smallest absolute Gasteiger partial charge is 0.326 e. The van der Waals surface area contributed by atoms with Crippen molar-refractivity contribution in [3.05, 3.63) is 23.9 Å². The molecular weight excluding hydrogens is 258 g/mol. The van der Waals surface area contributed by atoms with Gasteiger partial charge in [-0.05, 0) is 24.5 Å². The number of carbonyl (C=O) groups is 2. The van der Waals surface area contributed by atoms with Crippen molar-refractivity contribution in [2.75, 3.05) is 19.4 Å². The Morgan fingerprint density at radius 2 is 2.00 bits per heavy atom. The molecule has 110 valence electrons. The Balaban J connectivity index is 2.77. The van der Waals surface area contributed by atoms with Crippen molar-refractivity contribution in [3.8, 4) is 0 Å². The number of carboxylic acids is 1. The zero-order chi connectivity index (χ0) is 15.3. The standard InChI is InChI=1S/C14H21N3O3/c1-9(2)7-11(14(19)20)16-12-6-5-10(8-15-12)13(18)17(3)4/h5-6,8-9,11H,7H2,1-4H3,(H,15,16)(H,19,20). The topological polar surface area (TPSA) is 82.5 Å². The summed E-state index contributed by atoms with van der Waals surface area (Å²) in [5, 5.41) is 12.0. The maximum Gasteiger partial charge on any atom is 0.326 e. The average Bonchev–Trinajstić information content (AvgIpc) is 2.37. The van der Waals surface area contributed by atoms with Gasteiger partial charge in [-0.25, -0.2) is 9.78 Å². The molecule has 1 heterocycles. The van der Waals surface area contributed by atoms with Gasteiger partial charge in [0.05, 0.1) is 5.56 Å². The van der Waals surface area contributed by atoms with Crippen molar-refractivity contribution in [1.82, 2.24) is 9.88 Å². The monoisotopic (exact) mass is 279 g/mol. The highest BCUT2D eigenvalue weighted by atomic mass is 16.4. The van der Waals surface area contributed by atoms with E-state index < -0.39 is 12.0 Å². The van der Waals surface area contributed by atoms with Gasteiger partial charge in [-0.3, -0.25) is 4.79 Å². The molecule has 0 saturated heterocycles.